The summed E-state index contributed by atoms with van der Waals surface area (Å²) in [5.41, 5.74) is 3.45. The zero-order valence-corrected chi connectivity index (χ0v) is 13.4. The molecule has 0 amide bonds. The predicted octanol–water partition coefficient (Wildman–Crippen LogP) is 3.75. The van der Waals surface area contributed by atoms with E-state index in [1.807, 2.05) is 18.3 Å². The summed E-state index contributed by atoms with van der Waals surface area (Å²) in [6.45, 7) is 10.1. The molecule has 0 aliphatic rings. The molecule has 0 saturated heterocycles. The van der Waals surface area contributed by atoms with Gasteiger partial charge in [0, 0.05) is 23.2 Å². The van der Waals surface area contributed by atoms with Gasteiger partial charge in [0.2, 0.25) is 0 Å². The van der Waals surface area contributed by atoms with Crippen molar-refractivity contribution in [2.45, 2.75) is 46.2 Å². The van der Waals surface area contributed by atoms with E-state index in [9.17, 15) is 0 Å². The van der Waals surface area contributed by atoms with Gasteiger partial charge in [-0.1, -0.05) is 6.92 Å². The molecule has 0 spiro atoms. The molecule has 2 rings (SSSR count). The fourth-order valence-electron chi connectivity index (χ4n) is 1.99. The Morgan fingerprint density at radius 1 is 1.19 bits per heavy atom. The van der Waals surface area contributed by atoms with Crippen LogP contribution in [0.15, 0.2) is 30.5 Å². The van der Waals surface area contributed by atoms with Gasteiger partial charge in [0.1, 0.15) is 5.75 Å². The second kappa shape index (κ2) is 6.76. The molecule has 0 aliphatic carbocycles. The number of nitrogens with one attached hydrogen (secondary N) is 2. The Morgan fingerprint density at radius 3 is 2.52 bits per heavy atom. The lowest BCUT2D eigenvalue weighted by Crippen LogP contribution is -2.35. The Morgan fingerprint density at radius 2 is 1.90 bits per heavy atom. The van der Waals surface area contributed by atoms with E-state index in [2.05, 4.69) is 55.3 Å². The molecule has 2 aromatic rings. The van der Waals surface area contributed by atoms with Crippen LogP contribution in [0, 0.1) is 0 Å². The third-order valence-electron chi connectivity index (χ3n) is 3.14. The van der Waals surface area contributed by atoms with E-state index in [1.165, 1.54) is 5.56 Å². The number of H-pyrrole nitrogens is 1. The van der Waals surface area contributed by atoms with Crippen LogP contribution in [0.3, 0.4) is 0 Å². The Bertz CT molecular complexity index is 552. The van der Waals surface area contributed by atoms with Gasteiger partial charge < -0.3 is 10.1 Å². The summed E-state index contributed by atoms with van der Waals surface area (Å²) >= 11 is 0. The topological polar surface area (TPSA) is 49.9 Å². The molecule has 1 heterocycles. The SMILES string of the molecule is CCCOc1ccc(-c2[nH]ncc2CNC(C)(C)C)cc1. The van der Waals surface area contributed by atoms with Crippen LogP contribution in [-0.2, 0) is 6.54 Å². The van der Waals surface area contributed by atoms with Gasteiger partial charge in [-0.2, -0.15) is 5.10 Å². The molecule has 0 radical (unpaired) electrons. The van der Waals surface area contributed by atoms with Crippen LogP contribution >= 0.6 is 0 Å². The van der Waals surface area contributed by atoms with Crippen molar-refractivity contribution < 1.29 is 4.74 Å². The predicted molar refractivity (Wildman–Crippen MR) is 86.4 cm³/mol. The lowest BCUT2D eigenvalue weighted by atomic mass is 10.1. The van der Waals surface area contributed by atoms with Crippen molar-refractivity contribution in [3.8, 4) is 17.0 Å². The molecule has 0 bridgehead atoms. The zero-order valence-electron chi connectivity index (χ0n) is 13.4. The van der Waals surface area contributed by atoms with Gasteiger partial charge >= 0.3 is 0 Å². The van der Waals surface area contributed by atoms with Crippen LogP contribution in [0.4, 0.5) is 0 Å². The van der Waals surface area contributed by atoms with Gasteiger partial charge in [-0.05, 0) is 51.5 Å². The van der Waals surface area contributed by atoms with E-state index < -0.39 is 0 Å². The van der Waals surface area contributed by atoms with Crippen molar-refractivity contribution in [3.05, 3.63) is 36.0 Å². The summed E-state index contributed by atoms with van der Waals surface area (Å²) in [7, 11) is 0. The third-order valence-corrected chi connectivity index (χ3v) is 3.14. The summed E-state index contributed by atoms with van der Waals surface area (Å²) in [5.74, 6) is 0.912. The number of ether oxygens (including phenoxy) is 1. The first kappa shape index (κ1) is 15.6. The highest BCUT2D eigenvalue weighted by molar-refractivity contribution is 5.63. The van der Waals surface area contributed by atoms with E-state index in [0.717, 1.165) is 36.6 Å². The minimum Gasteiger partial charge on any atom is -0.494 e. The van der Waals surface area contributed by atoms with Gasteiger partial charge in [-0.3, -0.25) is 5.10 Å². The summed E-state index contributed by atoms with van der Waals surface area (Å²) in [6, 6.07) is 8.15. The van der Waals surface area contributed by atoms with E-state index in [-0.39, 0.29) is 5.54 Å². The Balaban J connectivity index is 2.09. The van der Waals surface area contributed by atoms with Crippen LogP contribution in [0.2, 0.25) is 0 Å². The van der Waals surface area contributed by atoms with E-state index in [1.54, 1.807) is 0 Å². The largest absolute Gasteiger partial charge is 0.494 e. The average molecular weight is 287 g/mol. The highest BCUT2D eigenvalue weighted by Crippen LogP contribution is 2.24. The lowest BCUT2D eigenvalue weighted by molar-refractivity contribution is 0.317. The van der Waals surface area contributed by atoms with Gasteiger partial charge in [-0.15, -0.1) is 0 Å². The third kappa shape index (κ3) is 4.60. The Kier molecular flexibility index (Phi) is 5.02. The van der Waals surface area contributed by atoms with Crippen molar-refractivity contribution >= 4 is 0 Å². The first-order valence-corrected chi connectivity index (χ1v) is 7.50. The molecule has 21 heavy (non-hydrogen) atoms. The fraction of sp³-hybridized carbons (Fsp3) is 0.471. The van der Waals surface area contributed by atoms with E-state index in [0.29, 0.717) is 0 Å². The molecule has 0 saturated carbocycles. The van der Waals surface area contributed by atoms with Crippen LogP contribution in [0.5, 0.6) is 5.75 Å². The smallest absolute Gasteiger partial charge is 0.119 e. The van der Waals surface area contributed by atoms with E-state index >= 15 is 0 Å². The Hall–Kier alpha value is -1.81. The number of nitrogens with zero attached hydrogens (tertiary/aromatic N) is 1. The first-order chi connectivity index (χ1) is 9.99. The molecule has 0 atom stereocenters. The summed E-state index contributed by atoms with van der Waals surface area (Å²) in [5, 5.41) is 10.8. The monoisotopic (exact) mass is 287 g/mol. The summed E-state index contributed by atoms with van der Waals surface area (Å²) < 4.78 is 5.61. The maximum absolute atomic E-state index is 5.61. The van der Waals surface area contributed by atoms with Crippen molar-refractivity contribution in [2.24, 2.45) is 0 Å². The van der Waals surface area contributed by atoms with Crippen LogP contribution < -0.4 is 10.1 Å². The van der Waals surface area contributed by atoms with Crippen molar-refractivity contribution in [1.82, 2.24) is 15.5 Å². The molecule has 1 aromatic heterocycles. The second-order valence-corrected chi connectivity index (χ2v) is 6.25. The molecule has 114 valence electrons. The number of benzene rings is 1. The molecule has 0 aliphatic heterocycles. The molecular weight excluding hydrogens is 262 g/mol. The maximum Gasteiger partial charge on any atom is 0.119 e. The van der Waals surface area contributed by atoms with Gasteiger partial charge in [0.15, 0.2) is 0 Å². The summed E-state index contributed by atoms with van der Waals surface area (Å²) in [6.07, 6.45) is 2.90. The van der Waals surface area contributed by atoms with Crippen molar-refractivity contribution in [3.63, 3.8) is 0 Å². The van der Waals surface area contributed by atoms with Gasteiger partial charge in [0.25, 0.3) is 0 Å². The highest BCUT2D eigenvalue weighted by Gasteiger charge is 2.12. The number of hydrogen-bond acceptors (Lipinski definition) is 3. The number of aromatic nitrogens is 2. The first-order valence-electron chi connectivity index (χ1n) is 7.50. The van der Waals surface area contributed by atoms with Crippen molar-refractivity contribution in [1.29, 1.82) is 0 Å². The molecule has 4 heteroatoms. The molecule has 4 nitrogen and oxygen atoms in total. The molecular formula is C17H25N3O. The number of aromatic amines is 1. The lowest BCUT2D eigenvalue weighted by Gasteiger charge is -2.20. The maximum atomic E-state index is 5.61. The van der Waals surface area contributed by atoms with Crippen molar-refractivity contribution in [2.75, 3.05) is 6.61 Å². The quantitative estimate of drug-likeness (QED) is 0.850. The minimum absolute atomic E-state index is 0.0897. The molecule has 0 fully saturated rings. The van der Waals surface area contributed by atoms with Gasteiger partial charge in [0.05, 0.1) is 18.5 Å². The number of hydrogen-bond donors (Lipinski definition) is 2. The average Bonchev–Trinajstić information content (AvgIpc) is 2.91. The minimum atomic E-state index is 0.0897. The standard InChI is InChI=1S/C17H25N3O/c1-5-10-21-15-8-6-13(7-9-15)16-14(12-19-20-16)11-18-17(2,3)4/h6-9,12,18H,5,10-11H2,1-4H3,(H,19,20). The zero-order chi connectivity index (χ0) is 15.3. The molecule has 2 N–H and O–H groups in total. The Labute approximate surface area is 126 Å². The van der Waals surface area contributed by atoms with Crippen LogP contribution in [-0.4, -0.2) is 22.3 Å². The molecule has 1 aromatic carbocycles. The second-order valence-electron chi connectivity index (χ2n) is 6.25. The van der Waals surface area contributed by atoms with Crippen LogP contribution in [0.1, 0.15) is 39.7 Å². The molecule has 0 unspecified atom stereocenters. The van der Waals surface area contributed by atoms with Gasteiger partial charge in [-0.25, -0.2) is 0 Å². The van der Waals surface area contributed by atoms with E-state index in [4.69, 9.17) is 4.74 Å². The fourth-order valence-corrected chi connectivity index (χ4v) is 1.99. The normalized spacial score (nSPS) is 11.6. The van der Waals surface area contributed by atoms with Crippen LogP contribution in [0.25, 0.3) is 11.3 Å². The number of rotatable bonds is 6. The highest BCUT2D eigenvalue weighted by atomic mass is 16.5. The summed E-state index contributed by atoms with van der Waals surface area (Å²) in [4.78, 5) is 0.